The highest BCUT2D eigenvalue weighted by atomic mass is 32.2. The molecule has 1 fully saturated rings. The van der Waals surface area contributed by atoms with E-state index in [9.17, 15) is 18.3 Å². The third kappa shape index (κ3) is 8.68. The molecule has 0 saturated heterocycles. The molecule has 2 N–H and O–H groups in total. The Morgan fingerprint density at radius 1 is 1.19 bits per heavy atom. The highest BCUT2D eigenvalue weighted by molar-refractivity contribution is 7.92. The molecule has 0 unspecified atom stereocenters. The minimum Gasteiger partial charge on any atom is -0.490 e. The SMILES string of the molecule is C[C@@H]1CN([C@H](C)CO)C(=O)c2cc(NS(=O)(=O)c3cn(C)cn3)ccc2O[C@@H](C)CCCCO[C@@H]1CN(C)CC1CC1. The molecule has 1 saturated carbocycles. The molecule has 12 heteroatoms. The van der Waals surface area contributed by atoms with E-state index in [0.29, 0.717) is 18.9 Å². The number of ether oxygens (including phenoxy) is 2. The number of benzene rings is 1. The van der Waals surface area contributed by atoms with Gasteiger partial charge in [0.1, 0.15) is 5.75 Å². The lowest BCUT2D eigenvalue weighted by Crippen LogP contribution is -2.47. The molecule has 2 aliphatic rings. The van der Waals surface area contributed by atoms with Crippen LogP contribution in [0.3, 0.4) is 0 Å². The second-order valence-electron chi connectivity index (χ2n) is 12.2. The Kier molecular flexibility index (Phi) is 10.9. The molecule has 1 amide bonds. The highest BCUT2D eigenvalue weighted by Crippen LogP contribution is 2.31. The number of nitrogens with one attached hydrogen (secondary N) is 1. The standard InChI is InChI=1S/C30H47N5O6S/c1-21-15-35(22(2)19-36)30(37)26-14-25(32-42(38,39)29-18-34(5)20-31-29)11-12-27(26)41-23(3)8-6-7-13-40-28(21)17-33(4)16-24-9-10-24/h11-12,14,18,20-24,28,32,36H,6-10,13,15-17,19H2,1-5H3/t21-,22-,23+,28-/m1/s1. The summed E-state index contributed by atoms with van der Waals surface area (Å²) in [6.45, 7) is 8.45. The second kappa shape index (κ2) is 14.2. The van der Waals surface area contributed by atoms with Crippen LogP contribution in [0.2, 0.25) is 0 Å². The Hall–Kier alpha value is -2.67. The van der Waals surface area contributed by atoms with Gasteiger partial charge in [-0.15, -0.1) is 0 Å². The number of hydrogen-bond donors (Lipinski definition) is 2. The van der Waals surface area contributed by atoms with Gasteiger partial charge in [-0.25, -0.2) is 4.98 Å². The van der Waals surface area contributed by atoms with Crippen LogP contribution in [0, 0.1) is 11.8 Å². The summed E-state index contributed by atoms with van der Waals surface area (Å²) in [5.74, 6) is 0.789. The van der Waals surface area contributed by atoms with Gasteiger partial charge in [0, 0.05) is 51.1 Å². The second-order valence-corrected chi connectivity index (χ2v) is 13.8. The summed E-state index contributed by atoms with van der Waals surface area (Å²) in [6, 6.07) is 4.26. The van der Waals surface area contributed by atoms with E-state index < -0.39 is 16.1 Å². The van der Waals surface area contributed by atoms with E-state index >= 15 is 0 Å². The first-order valence-corrected chi connectivity index (χ1v) is 16.5. The minimum atomic E-state index is -3.97. The quantitative estimate of drug-likeness (QED) is 0.446. The van der Waals surface area contributed by atoms with Gasteiger partial charge in [-0.2, -0.15) is 8.42 Å². The van der Waals surface area contributed by atoms with Gasteiger partial charge in [0.05, 0.1) is 36.7 Å². The Bertz CT molecular complexity index is 1300. The van der Waals surface area contributed by atoms with Crippen LogP contribution in [-0.2, 0) is 21.8 Å². The first-order chi connectivity index (χ1) is 20.0. The molecule has 1 aliphatic carbocycles. The number of sulfonamides is 1. The number of carbonyl (C=O) groups is 1. The molecule has 0 radical (unpaired) electrons. The summed E-state index contributed by atoms with van der Waals surface area (Å²) in [7, 11) is -0.156. The van der Waals surface area contributed by atoms with Crippen molar-refractivity contribution in [3.63, 3.8) is 0 Å². The Morgan fingerprint density at radius 2 is 1.95 bits per heavy atom. The number of amides is 1. The number of aliphatic hydroxyl groups excluding tert-OH is 1. The predicted molar refractivity (Wildman–Crippen MR) is 161 cm³/mol. The molecule has 0 spiro atoms. The summed E-state index contributed by atoms with van der Waals surface area (Å²) < 4.78 is 42.7. The highest BCUT2D eigenvalue weighted by Gasteiger charge is 2.31. The summed E-state index contributed by atoms with van der Waals surface area (Å²) in [5.41, 5.74) is 0.452. The van der Waals surface area contributed by atoms with E-state index in [4.69, 9.17) is 9.47 Å². The first-order valence-electron chi connectivity index (χ1n) is 15.0. The Labute approximate surface area is 250 Å². The van der Waals surface area contributed by atoms with E-state index in [-0.39, 0.29) is 46.9 Å². The molecule has 2 heterocycles. The van der Waals surface area contributed by atoms with Crippen molar-refractivity contribution in [2.24, 2.45) is 18.9 Å². The number of rotatable bonds is 9. The van der Waals surface area contributed by atoms with Gasteiger partial charge in [-0.3, -0.25) is 9.52 Å². The number of fused-ring (bicyclic) bond motifs is 1. The third-order valence-electron chi connectivity index (χ3n) is 8.02. The zero-order valence-corrected chi connectivity index (χ0v) is 26.3. The van der Waals surface area contributed by atoms with Gasteiger partial charge in [0.25, 0.3) is 15.9 Å². The molecule has 1 aromatic carbocycles. The lowest BCUT2D eigenvalue weighted by atomic mass is 10.0. The Balaban J connectivity index is 1.65. The number of aromatic nitrogens is 2. The maximum absolute atomic E-state index is 14.2. The van der Waals surface area contributed by atoms with E-state index in [2.05, 4.69) is 28.6 Å². The molecule has 1 aromatic heterocycles. The number of imidazole rings is 1. The van der Waals surface area contributed by atoms with Crippen LogP contribution in [0.4, 0.5) is 5.69 Å². The number of aliphatic hydroxyl groups is 1. The fraction of sp³-hybridized carbons (Fsp3) is 0.667. The van der Waals surface area contributed by atoms with Gasteiger partial charge in [0.2, 0.25) is 0 Å². The van der Waals surface area contributed by atoms with E-state index in [0.717, 1.165) is 38.3 Å². The maximum Gasteiger partial charge on any atom is 0.280 e. The monoisotopic (exact) mass is 605 g/mol. The van der Waals surface area contributed by atoms with E-state index in [1.165, 1.54) is 31.4 Å². The van der Waals surface area contributed by atoms with Crippen molar-refractivity contribution in [3.8, 4) is 5.75 Å². The van der Waals surface area contributed by atoms with Crippen LogP contribution in [0.1, 0.15) is 63.2 Å². The zero-order chi connectivity index (χ0) is 30.4. The van der Waals surface area contributed by atoms with Crippen molar-refractivity contribution in [1.29, 1.82) is 0 Å². The van der Waals surface area contributed by atoms with Crippen LogP contribution >= 0.6 is 0 Å². The Morgan fingerprint density at radius 3 is 2.62 bits per heavy atom. The summed E-state index contributed by atoms with van der Waals surface area (Å²) >= 11 is 0. The van der Waals surface area contributed by atoms with Gasteiger partial charge in [-0.05, 0) is 77.1 Å². The van der Waals surface area contributed by atoms with E-state index in [1.807, 2.05) is 6.92 Å². The average Bonchev–Trinajstić information content (AvgIpc) is 3.64. The number of hydrogen-bond acceptors (Lipinski definition) is 8. The van der Waals surface area contributed by atoms with Crippen molar-refractivity contribution in [3.05, 3.63) is 36.3 Å². The van der Waals surface area contributed by atoms with Gasteiger partial charge in [0.15, 0.2) is 5.03 Å². The van der Waals surface area contributed by atoms with Crippen molar-refractivity contribution in [2.45, 2.75) is 76.2 Å². The van der Waals surface area contributed by atoms with Crippen LogP contribution in [0.25, 0.3) is 0 Å². The fourth-order valence-electron chi connectivity index (χ4n) is 5.31. The van der Waals surface area contributed by atoms with Gasteiger partial charge in [-0.1, -0.05) is 6.92 Å². The largest absolute Gasteiger partial charge is 0.490 e. The molecule has 234 valence electrons. The first kappa shape index (κ1) is 32.2. The third-order valence-corrected chi connectivity index (χ3v) is 9.28. The molecule has 1 aliphatic heterocycles. The van der Waals surface area contributed by atoms with Crippen LogP contribution in [0.15, 0.2) is 35.7 Å². The predicted octanol–water partition coefficient (Wildman–Crippen LogP) is 3.36. The lowest BCUT2D eigenvalue weighted by Gasteiger charge is -2.36. The maximum atomic E-state index is 14.2. The molecule has 0 bridgehead atoms. The van der Waals surface area contributed by atoms with Crippen LogP contribution in [0.5, 0.6) is 5.75 Å². The van der Waals surface area contributed by atoms with Crippen molar-refractivity contribution in [1.82, 2.24) is 19.4 Å². The molecule has 4 rings (SSSR count). The lowest BCUT2D eigenvalue weighted by molar-refractivity contribution is -0.0172. The normalized spacial score (nSPS) is 23.6. The minimum absolute atomic E-state index is 0.0123. The van der Waals surface area contributed by atoms with Crippen molar-refractivity contribution < 1.29 is 27.8 Å². The smallest absolute Gasteiger partial charge is 0.280 e. The number of nitrogens with zero attached hydrogens (tertiary/aromatic N) is 4. The van der Waals surface area contributed by atoms with Gasteiger partial charge >= 0.3 is 0 Å². The van der Waals surface area contributed by atoms with Crippen molar-refractivity contribution >= 4 is 21.6 Å². The van der Waals surface area contributed by atoms with Crippen LogP contribution < -0.4 is 9.46 Å². The molecule has 4 atom stereocenters. The molecule has 2 aromatic rings. The summed E-state index contributed by atoms with van der Waals surface area (Å²) in [4.78, 5) is 22.2. The number of carbonyl (C=O) groups excluding carboxylic acids is 1. The molecular weight excluding hydrogens is 558 g/mol. The number of aryl methyl sites for hydroxylation is 1. The van der Waals surface area contributed by atoms with Crippen molar-refractivity contribution in [2.75, 3.05) is 44.6 Å². The van der Waals surface area contributed by atoms with Gasteiger partial charge < -0.3 is 28.9 Å². The average molecular weight is 606 g/mol. The number of anilines is 1. The summed E-state index contributed by atoms with van der Waals surface area (Å²) in [5, 5.41) is 10.0. The zero-order valence-electron chi connectivity index (χ0n) is 25.5. The van der Waals surface area contributed by atoms with Crippen LogP contribution in [-0.4, -0.2) is 96.9 Å². The summed E-state index contributed by atoms with van der Waals surface area (Å²) in [6.07, 6.45) is 7.73. The topological polar surface area (TPSA) is 126 Å². The molecular formula is C30H47N5O6S. The molecule has 42 heavy (non-hydrogen) atoms. The fourth-order valence-corrected chi connectivity index (χ4v) is 6.34. The van der Waals surface area contributed by atoms with E-state index in [1.54, 1.807) is 35.6 Å². The molecule has 11 nitrogen and oxygen atoms in total. The number of likely N-dealkylation sites (N-methyl/N-ethyl adjacent to an activating group) is 1.